The molecule has 112 valence electrons. The Hall–Kier alpha value is -2.21. The summed E-state index contributed by atoms with van der Waals surface area (Å²) in [5.41, 5.74) is 4.31. The normalized spacial score (nSPS) is 10.6. The number of aliphatic hydroxyl groups is 1. The van der Waals surface area contributed by atoms with E-state index >= 15 is 0 Å². The summed E-state index contributed by atoms with van der Waals surface area (Å²) >= 11 is 0. The Labute approximate surface area is 123 Å². The summed E-state index contributed by atoms with van der Waals surface area (Å²) in [6.45, 7) is 4.45. The molecule has 6 nitrogen and oxygen atoms in total. The van der Waals surface area contributed by atoms with Gasteiger partial charge in [0.2, 0.25) is 0 Å². The second-order valence-corrected chi connectivity index (χ2v) is 4.98. The zero-order valence-electron chi connectivity index (χ0n) is 12.3. The first-order chi connectivity index (χ1) is 10.1. The van der Waals surface area contributed by atoms with Gasteiger partial charge in [0.15, 0.2) is 0 Å². The molecule has 0 saturated heterocycles. The summed E-state index contributed by atoms with van der Waals surface area (Å²) in [6, 6.07) is 3.28. The fourth-order valence-corrected chi connectivity index (χ4v) is 2.20. The van der Waals surface area contributed by atoms with Gasteiger partial charge in [-0.15, -0.1) is 0 Å². The highest BCUT2D eigenvalue weighted by atomic mass is 16.3. The van der Waals surface area contributed by atoms with Crippen LogP contribution in [0.5, 0.6) is 0 Å². The van der Waals surface area contributed by atoms with Crippen molar-refractivity contribution in [1.29, 1.82) is 0 Å². The minimum absolute atomic E-state index is 0.0954. The van der Waals surface area contributed by atoms with Gasteiger partial charge in [-0.1, -0.05) is 0 Å². The van der Waals surface area contributed by atoms with Crippen LogP contribution in [0.1, 0.15) is 39.4 Å². The van der Waals surface area contributed by atoms with Crippen molar-refractivity contribution in [3.8, 4) is 0 Å². The quantitative estimate of drug-likeness (QED) is 0.698. The number of rotatable bonds is 6. The SMILES string of the molecule is Cc1n[nH]c(C)c1CCCNC(=O)c1cc(CO)ccn1. The van der Waals surface area contributed by atoms with E-state index in [4.69, 9.17) is 5.11 Å². The average molecular weight is 288 g/mol. The van der Waals surface area contributed by atoms with Gasteiger partial charge in [-0.2, -0.15) is 5.10 Å². The number of pyridine rings is 1. The molecule has 0 atom stereocenters. The van der Waals surface area contributed by atoms with E-state index in [0.29, 0.717) is 17.8 Å². The van der Waals surface area contributed by atoms with Crippen LogP contribution in [0.2, 0.25) is 0 Å². The Balaban J connectivity index is 1.82. The standard InChI is InChI=1S/C15H20N4O2/c1-10-13(11(2)19-18-10)4-3-6-17-15(21)14-8-12(9-20)5-7-16-14/h5,7-8,20H,3-4,6,9H2,1-2H3,(H,17,21)(H,18,19). The maximum atomic E-state index is 11.9. The Bertz CT molecular complexity index is 602. The molecule has 2 aromatic rings. The van der Waals surface area contributed by atoms with Crippen molar-refractivity contribution in [2.75, 3.05) is 6.54 Å². The molecular formula is C15H20N4O2. The van der Waals surface area contributed by atoms with Crippen molar-refractivity contribution >= 4 is 5.91 Å². The van der Waals surface area contributed by atoms with Gasteiger partial charge in [0, 0.05) is 18.4 Å². The van der Waals surface area contributed by atoms with Crippen LogP contribution in [0.3, 0.4) is 0 Å². The fraction of sp³-hybridized carbons (Fsp3) is 0.400. The molecule has 2 heterocycles. The average Bonchev–Trinajstić information content (AvgIpc) is 2.82. The van der Waals surface area contributed by atoms with Crippen molar-refractivity contribution in [1.82, 2.24) is 20.5 Å². The smallest absolute Gasteiger partial charge is 0.269 e. The molecule has 21 heavy (non-hydrogen) atoms. The Morgan fingerprint density at radius 2 is 2.24 bits per heavy atom. The molecule has 0 unspecified atom stereocenters. The number of aromatic amines is 1. The van der Waals surface area contributed by atoms with Crippen molar-refractivity contribution in [2.45, 2.75) is 33.3 Å². The summed E-state index contributed by atoms with van der Waals surface area (Å²) in [5, 5.41) is 19.0. The first-order valence-electron chi connectivity index (χ1n) is 6.96. The molecule has 0 aliphatic rings. The highest BCUT2D eigenvalue weighted by Gasteiger charge is 2.09. The predicted octanol–water partition coefficient (Wildman–Crippen LogP) is 1.28. The van der Waals surface area contributed by atoms with Crippen LogP contribution < -0.4 is 5.32 Å². The fourth-order valence-electron chi connectivity index (χ4n) is 2.20. The molecule has 6 heteroatoms. The molecule has 2 rings (SSSR count). The van der Waals surface area contributed by atoms with Crippen LogP contribution in [0, 0.1) is 13.8 Å². The van der Waals surface area contributed by atoms with E-state index in [9.17, 15) is 4.79 Å². The van der Waals surface area contributed by atoms with Gasteiger partial charge in [0.1, 0.15) is 5.69 Å². The lowest BCUT2D eigenvalue weighted by Gasteiger charge is -2.06. The summed E-state index contributed by atoms with van der Waals surface area (Å²) in [4.78, 5) is 15.9. The molecule has 1 amide bonds. The number of aryl methyl sites for hydroxylation is 2. The Kier molecular flexibility index (Phi) is 5.05. The van der Waals surface area contributed by atoms with Gasteiger partial charge in [-0.05, 0) is 49.9 Å². The third-order valence-corrected chi connectivity index (χ3v) is 3.41. The third kappa shape index (κ3) is 3.88. The number of amides is 1. The zero-order chi connectivity index (χ0) is 15.2. The Morgan fingerprint density at radius 3 is 2.90 bits per heavy atom. The van der Waals surface area contributed by atoms with Crippen LogP contribution in [0.4, 0.5) is 0 Å². The van der Waals surface area contributed by atoms with E-state index < -0.39 is 0 Å². The number of aromatic nitrogens is 3. The number of hydrogen-bond donors (Lipinski definition) is 3. The van der Waals surface area contributed by atoms with Gasteiger partial charge in [0.25, 0.3) is 5.91 Å². The van der Waals surface area contributed by atoms with E-state index in [1.54, 1.807) is 12.1 Å². The van der Waals surface area contributed by atoms with Crippen molar-refractivity contribution in [3.05, 3.63) is 46.5 Å². The van der Waals surface area contributed by atoms with E-state index in [-0.39, 0.29) is 12.5 Å². The molecular weight excluding hydrogens is 268 g/mol. The monoisotopic (exact) mass is 288 g/mol. The molecule has 0 radical (unpaired) electrons. The number of H-pyrrole nitrogens is 1. The molecule has 0 saturated carbocycles. The number of nitrogens with zero attached hydrogens (tertiary/aromatic N) is 2. The van der Waals surface area contributed by atoms with E-state index in [2.05, 4.69) is 20.5 Å². The lowest BCUT2D eigenvalue weighted by atomic mass is 10.1. The van der Waals surface area contributed by atoms with Gasteiger partial charge < -0.3 is 10.4 Å². The highest BCUT2D eigenvalue weighted by Crippen LogP contribution is 2.11. The van der Waals surface area contributed by atoms with E-state index in [1.807, 2.05) is 13.8 Å². The predicted molar refractivity (Wildman–Crippen MR) is 78.9 cm³/mol. The molecule has 0 aliphatic heterocycles. The molecule has 0 fully saturated rings. The Morgan fingerprint density at radius 1 is 1.43 bits per heavy atom. The van der Waals surface area contributed by atoms with Gasteiger partial charge in [-0.3, -0.25) is 14.9 Å². The van der Waals surface area contributed by atoms with Gasteiger partial charge >= 0.3 is 0 Å². The minimum Gasteiger partial charge on any atom is -0.392 e. The van der Waals surface area contributed by atoms with E-state index in [1.165, 1.54) is 11.8 Å². The molecule has 2 aromatic heterocycles. The second kappa shape index (κ2) is 6.99. The van der Waals surface area contributed by atoms with Crippen molar-refractivity contribution < 1.29 is 9.90 Å². The first kappa shape index (κ1) is 15.2. The number of carbonyl (C=O) groups excluding carboxylic acids is 1. The summed E-state index contributed by atoms with van der Waals surface area (Å²) < 4.78 is 0. The van der Waals surface area contributed by atoms with Crippen LogP contribution in [-0.2, 0) is 13.0 Å². The molecule has 0 aromatic carbocycles. The largest absolute Gasteiger partial charge is 0.392 e. The maximum absolute atomic E-state index is 11.9. The van der Waals surface area contributed by atoms with Crippen molar-refractivity contribution in [2.24, 2.45) is 0 Å². The number of carbonyl (C=O) groups is 1. The molecule has 0 spiro atoms. The van der Waals surface area contributed by atoms with Crippen LogP contribution in [0.25, 0.3) is 0 Å². The minimum atomic E-state index is -0.217. The first-order valence-corrected chi connectivity index (χ1v) is 6.96. The topological polar surface area (TPSA) is 90.9 Å². The van der Waals surface area contributed by atoms with Crippen molar-refractivity contribution in [3.63, 3.8) is 0 Å². The van der Waals surface area contributed by atoms with Crippen LogP contribution in [0.15, 0.2) is 18.3 Å². The lowest BCUT2D eigenvalue weighted by Crippen LogP contribution is -2.25. The zero-order valence-corrected chi connectivity index (χ0v) is 12.3. The molecule has 3 N–H and O–H groups in total. The van der Waals surface area contributed by atoms with Crippen LogP contribution in [-0.4, -0.2) is 32.7 Å². The summed E-state index contributed by atoms with van der Waals surface area (Å²) in [5.74, 6) is -0.217. The van der Waals surface area contributed by atoms with Gasteiger partial charge in [0.05, 0.1) is 12.3 Å². The summed E-state index contributed by atoms with van der Waals surface area (Å²) in [7, 11) is 0. The number of hydrogen-bond acceptors (Lipinski definition) is 4. The number of nitrogens with one attached hydrogen (secondary N) is 2. The second-order valence-electron chi connectivity index (χ2n) is 4.98. The third-order valence-electron chi connectivity index (χ3n) is 3.41. The molecule has 0 aliphatic carbocycles. The molecule has 0 bridgehead atoms. The maximum Gasteiger partial charge on any atom is 0.269 e. The highest BCUT2D eigenvalue weighted by molar-refractivity contribution is 5.92. The van der Waals surface area contributed by atoms with E-state index in [0.717, 1.165) is 24.2 Å². The van der Waals surface area contributed by atoms with Gasteiger partial charge in [-0.25, -0.2) is 0 Å². The number of aliphatic hydroxyl groups excluding tert-OH is 1. The lowest BCUT2D eigenvalue weighted by molar-refractivity contribution is 0.0948. The van der Waals surface area contributed by atoms with Crippen LogP contribution >= 0.6 is 0 Å². The summed E-state index contributed by atoms with van der Waals surface area (Å²) in [6.07, 6.45) is 3.24.